The van der Waals surface area contributed by atoms with E-state index >= 15 is 0 Å². The minimum Gasteiger partial charge on any atom is -0.338 e. The third kappa shape index (κ3) is 2.57. The van der Waals surface area contributed by atoms with Crippen molar-refractivity contribution in [2.24, 2.45) is 5.41 Å². The van der Waals surface area contributed by atoms with Gasteiger partial charge in [-0.15, -0.1) is 0 Å². The molecular weight excluding hydrogens is 255 g/mol. The maximum absolute atomic E-state index is 13.9. The van der Waals surface area contributed by atoms with Crippen molar-refractivity contribution in [1.82, 2.24) is 10.2 Å². The normalized spacial score (nSPS) is 23.6. The van der Waals surface area contributed by atoms with Crippen LogP contribution in [0.3, 0.4) is 0 Å². The highest BCUT2D eigenvalue weighted by molar-refractivity contribution is 5.83. The summed E-state index contributed by atoms with van der Waals surface area (Å²) in [5, 5.41) is 3.27. The standard InChI is InChI=1S/C16H23FN2O/c1-4-16(9-10-18-11-16)15(20)19(3)12(2)13-7-5-6-8-14(13)17/h5-8,12,18H,4,9-11H2,1-3H3. The topological polar surface area (TPSA) is 32.3 Å². The Morgan fingerprint density at radius 1 is 1.50 bits per heavy atom. The summed E-state index contributed by atoms with van der Waals surface area (Å²) in [6.07, 6.45) is 1.67. The zero-order valence-electron chi connectivity index (χ0n) is 12.4. The number of carbonyl (C=O) groups excluding carboxylic acids is 1. The highest BCUT2D eigenvalue weighted by atomic mass is 19.1. The lowest BCUT2D eigenvalue weighted by Gasteiger charge is -2.34. The SMILES string of the molecule is CCC1(C(=O)N(C)C(C)c2ccccc2F)CCNC1. The minimum absolute atomic E-state index is 0.112. The average molecular weight is 278 g/mol. The van der Waals surface area contributed by atoms with E-state index in [2.05, 4.69) is 5.32 Å². The van der Waals surface area contributed by atoms with E-state index < -0.39 is 0 Å². The van der Waals surface area contributed by atoms with Crippen LogP contribution in [0.25, 0.3) is 0 Å². The van der Waals surface area contributed by atoms with Gasteiger partial charge in [0, 0.05) is 19.2 Å². The van der Waals surface area contributed by atoms with Gasteiger partial charge in [-0.25, -0.2) is 4.39 Å². The van der Waals surface area contributed by atoms with Gasteiger partial charge in [0.2, 0.25) is 5.91 Å². The lowest BCUT2D eigenvalue weighted by Crippen LogP contribution is -2.44. The molecule has 1 saturated heterocycles. The van der Waals surface area contributed by atoms with Crippen molar-refractivity contribution in [3.63, 3.8) is 0 Å². The van der Waals surface area contributed by atoms with Gasteiger partial charge in [-0.05, 0) is 32.4 Å². The van der Waals surface area contributed by atoms with Crippen LogP contribution in [-0.2, 0) is 4.79 Å². The molecule has 2 atom stereocenters. The summed E-state index contributed by atoms with van der Waals surface area (Å²) in [6, 6.07) is 6.40. The third-order valence-electron chi connectivity index (χ3n) is 4.63. The quantitative estimate of drug-likeness (QED) is 0.918. The highest BCUT2D eigenvalue weighted by Crippen LogP contribution is 2.34. The third-order valence-corrected chi connectivity index (χ3v) is 4.63. The molecule has 1 aliphatic rings. The molecular formula is C16H23FN2O. The molecule has 20 heavy (non-hydrogen) atoms. The minimum atomic E-state index is -0.325. The molecule has 0 radical (unpaired) electrons. The van der Waals surface area contributed by atoms with Gasteiger partial charge in [0.05, 0.1) is 11.5 Å². The number of hydrogen-bond acceptors (Lipinski definition) is 2. The van der Waals surface area contributed by atoms with Gasteiger partial charge < -0.3 is 10.2 Å². The molecule has 1 aromatic carbocycles. The second-order valence-corrected chi connectivity index (χ2v) is 5.67. The molecule has 0 spiro atoms. The number of benzene rings is 1. The van der Waals surface area contributed by atoms with Crippen molar-refractivity contribution in [1.29, 1.82) is 0 Å². The molecule has 1 aromatic rings. The molecule has 1 heterocycles. The van der Waals surface area contributed by atoms with Crippen LogP contribution in [0.2, 0.25) is 0 Å². The number of carbonyl (C=O) groups is 1. The first-order chi connectivity index (χ1) is 9.52. The lowest BCUT2D eigenvalue weighted by atomic mass is 9.82. The van der Waals surface area contributed by atoms with E-state index in [9.17, 15) is 9.18 Å². The Morgan fingerprint density at radius 3 is 2.75 bits per heavy atom. The zero-order valence-corrected chi connectivity index (χ0v) is 12.4. The van der Waals surface area contributed by atoms with E-state index in [-0.39, 0.29) is 23.2 Å². The molecule has 1 fully saturated rings. The van der Waals surface area contributed by atoms with Gasteiger partial charge in [-0.2, -0.15) is 0 Å². The molecule has 0 saturated carbocycles. The molecule has 3 nitrogen and oxygen atoms in total. The second kappa shape index (κ2) is 5.92. The number of rotatable bonds is 4. The van der Waals surface area contributed by atoms with Crippen molar-refractivity contribution in [2.75, 3.05) is 20.1 Å². The molecule has 1 aliphatic heterocycles. The molecule has 4 heteroatoms. The van der Waals surface area contributed by atoms with Gasteiger partial charge in [0.1, 0.15) is 5.82 Å². The summed E-state index contributed by atoms with van der Waals surface area (Å²) in [6.45, 7) is 5.52. The predicted molar refractivity (Wildman–Crippen MR) is 77.8 cm³/mol. The second-order valence-electron chi connectivity index (χ2n) is 5.67. The summed E-state index contributed by atoms with van der Waals surface area (Å²) in [7, 11) is 1.77. The number of nitrogens with one attached hydrogen (secondary N) is 1. The molecule has 0 aromatic heterocycles. The van der Waals surface area contributed by atoms with Crippen LogP contribution in [-0.4, -0.2) is 30.9 Å². The Balaban J connectivity index is 2.20. The van der Waals surface area contributed by atoms with Crippen molar-refractivity contribution in [3.8, 4) is 0 Å². The lowest BCUT2D eigenvalue weighted by molar-refractivity contribution is -0.142. The van der Waals surface area contributed by atoms with E-state index in [1.54, 1.807) is 30.1 Å². The monoisotopic (exact) mass is 278 g/mol. The molecule has 2 rings (SSSR count). The number of hydrogen-bond donors (Lipinski definition) is 1. The predicted octanol–water partition coefficient (Wildman–Crippen LogP) is 2.73. The molecule has 0 aliphatic carbocycles. The highest BCUT2D eigenvalue weighted by Gasteiger charge is 2.42. The molecule has 1 N–H and O–H groups in total. The van der Waals surface area contributed by atoms with Gasteiger partial charge in [0.25, 0.3) is 0 Å². The fraction of sp³-hybridized carbons (Fsp3) is 0.562. The average Bonchev–Trinajstić information content (AvgIpc) is 2.95. The van der Waals surface area contributed by atoms with E-state index in [0.717, 1.165) is 25.9 Å². The van der Waals surface area contributed by atoms with Crippen LogP contribution in [0.4, 0.5) is 4.39 Å². The van der Waals surface area contributed by atoms with Crippen molar-refractivity contribution in [2.45, 2.75) is 32.7 Å². The van der Waals surface area contributed by atoms with Gasteiger partial charge in [-0.1, -0.05) is 25.1 Å². The van der Waals surface area contributed by atoms with Crippen molar-refractivity contribution in [3.05, 3.63) is 35.6 Å². The maximum Gasteiger partial charge on any atom is 0.230 e. The van der Waals surface area contributed by atoms with E-state index in [0.29, 0.717) is 5.56 Å². The van der Waals surface area contributed by atoms with Crippen LogP contribution in [0, 0.1) is 11.2 Å². The van der Waals surface area contributed by atoms with Crippen LogP contribution in [0.5, 0.6) is 0 Å². The number of halogens is 1. The van der Waals surface area contributed by atoms with Crippen molar-refractivity contribution >= 4 is 5.91 Å². The van der Waals surface area contributed by atoms with Gasteiger partial charge >= 0.3 is 0 Å². The molecule has 110 valence electrons. The van der Waals surface area contributed by atoms with Crippen LogP contribution >= 0.6 is 0 Å². The number of nitrogens with zero attached hydrogens (tertiary/aromatic N) is 1. The zero-order chi connectivity index (χ0) is 14.8. The summed E-state index contributed by atoms with van der Waals surface area (Å²) in [5.41, 5.74) is 0.245. The van der Waals surface area contributed by atoms with Gasteiger partial charge in [-0.3, -0.25) is 4.79 Å². The summed E-state index contributed by atoms with van der Waals surface area (Å²) in [5.74, 6) is -0.143. The van der Waals surface area contributed by atoms with Crippen LogP contribution in [0.15, 0.2) is 24.3 Å². The molecule has 1 amide bonds. The Bertz CT molecular complexity index is 483. The Kier molecular flexibility index (Phi) is 4.43. The Morgan fingerprint density at radius 2 is 2.20 bits per heavy atom. The smallest absolute Gasteiger partial charge is 0.230 e. The van der Waals surface area contributed by atoms with Crippen molar-refractivity contribution < 1.29 is 9.18 Å². The first-order valence-electron chi connectivity index (χ1n) is 7.24. The fourth-order valence-electron chi connectivity index (χ4n) is 2.95. The van der Waals surface area contributed by atoms with Crippen LogP contribution < -0.4 is 5.32 Å². The first kappa shape index (κ1) is 15.0. The van der Waals surface area contributed by atoms with E-state index in [4.69, 9.17) is 0 Å². The van der Waals surface area contributed by atoms with E-state index in [1.807, 2.05) is 13.8 Å². The van der Waals surface area contributed by atoms with Gasteiger partial charge in [0.15, 0.2) is 0 Å². The Labute approximate surface area is 120 Å². The Hall–Kier alpha value is -1.42. The van der Waals surface area contributed by atoms with E-state index in [1.165, 1.54) is 6.07 Å². The largest absolute Gasteiger partial charge is 0.338 e. The summed E-state index contributed by atoms with van der Waals surface area (Å²) >= 11 is 0. The van der Waals surface area contributed by atoms with Crippen LogP contribution in [0.1, 0.15) is 38.3 Å². The summed E-state index contributed by atoms with van der Waals surface area (Å²) in [4.78, 5) is 14.5. The molecule has 0 bridgehead atoms. The molecule has 2 unspecified atom stereocenters. The maximum atomic E-state index is 13.9. The first-order valence-corrected chi connectivity index (χ1v) is 7.24. The number of amides is 1. The summed E-state index contributed by atoms with van der Waals surface area (Å²) < 4.78 is 13.9. The fourth-order valence-corrected chi connectivity index (χ4v) is 2.95.